The van der Waals surface area contributed by atoms with Gasteiger partial charge in [0.05, 0.1) is 29.5 Å². The Balaban J connectivity index is 1.61. The van der Waals surface area contributed by atoms with Gasteiger partial charge in [0.2, 0.25) is 7.59 Å². The van der Waals surface area contributed by atoms with E-state index in [1.54, 1.807) is 45.0 Å². The predicted octanol–water partition coefficient (Wildman–Crippen LogP) is 8.32. The number of amides is 1. The van der Waals surface area contributed by atoms with Crippen molar-refractivity contribution in [3.05, 3.63) is 82.9 Å². The van der Waals surface area contributed by atoms with Gasteiger partial charge in [-0.25, -0.2) is 24.0 Å². The summed E-state index contributed by atoms with van der Waals surface area (Å²) in [4.78, 5) is 99.4. The van der Waals surface area contributed by atoms with E-state index in [-0.39, 0.29) is 22.3 Å². The van der Waals surface area contributed by atoms with Crippen molar-refractivity contribution in [2.75, 3.05) is 19.8 Å². The van der Waals surface area contributed by atoms with Crippen LogP contribution >= 0.6 is 69.6 Å². The van der Waals surface area contributed by atoms with Crippen LogP contribution in [0.1, 0.15) is 90.2 Å². The first-order valence-corrected chi connectivity index (χ1v) is 25.2. The van der Waals surface area contributed by atoms with Gasteiger partial charge in [-0.2, -0.15) is 0 Å². The van der Waals surface area contributed by atoms with Gasteiger partial charge in [0.15, 0.2) is 23.6 Å². The van der Waals surface area contributed by atoms with Crippen molar-refractivity contribution >= 4 is 112 Å². The molecular weight excluding hydrogens is 1100 g/mol. The minimum atomic E-state index is -2.66. The highest BCUT2D eigenvalue weighted by Crippen LogP contribution is 2.65. The molecule has 0 radical (unpaired) electrons. The summed E-state index contributed by atoms with van der Waals surface area (Å²) in [7, 11) is 0. The number of benzene rings is 2. The van der Waals surface area contributed by atoms with Crippen molar-refractivity contribution in [2.45, 2.75) is 135 Å². The fourth-order valence-electron chi connectivity index (χ4n) is 10.3. The third kappa shape index (κ3) is 12.4. The number of alkyl carbamates (subject to hydrolysis) is 1. The first-order valence-electron chi connectivity index (χ1n) is 22.9. The number of fused-ring (bicyclic) bond motifs is 5. The Bertz CT molecular complexity index is 2510. The second-order valence-corrected chi connectivity index (χ2v) is 25.1. The van der Waals surface area contributed by atoms with Crippen LogP contribution in [0.4, 0.5) is 14.4 Å². The minimum Gasteiger partial charge on any atom is -0.456 e. The van der Waals surface area contributed by atoms with E-state index in [4.69, 9.17) is 112 Å². The van der Waals surface area contributed by atoms with Crippen molar-refractivity contribution in [1.82, 2.24) is 5.32 Å². The van der Waals surface area contributed by atoms with Gasteiger partial charge in [-0.3, -0.25) is 9.59 Å². The highest BCUT2D eigenvalue weighted by Gasteiger charge is 2.79. The predicted molar refractivity (Wildman–Crippen MR) is 265 cm³/mol. The number of carbonyl (C=O) groups excluding carboxylic acids is 7. The van der Waals surface area contributed by atoms with Crippen LogP contribution in [-0.2, 0) is 57.0 Å². The van der Waals surface area contributed by atoms with Crippen molar-refractivity contribution in [3.63, 3.8) is 0 Å². The molecule has 11 atom stereocenters. The Morgan fingerprint density at radius 2 is 1.38 bits per heavy atom. The molecule has 0 spiro atoms. The van der Waals surface area contributed by atoms with Gasteiger partial charge in [0.25, 0.3) is 0 Å². The number of carbonyl (C=O) groups is 7. The van der Waals surface area contributed by atoms with Crippen LogP contribution in [0, 0.1) is 16.7 Å². The molecule has 2 aromatic rings. The first kappa shape index (κ1) is 58.9. The summed E-state index contributed by atoms with van der Waals surface area (Å²) in [6, 6.07) is 13.8. The molecule has 3 aliphatic carbocycles. The lowest BCUT2D eigenvalue weighted by Gasteiger charge is -2.67. The zero-order chi connectivity index (χ0) is 55.1. The third-order valence-corrected chi connectivity index (χ3v) is 14.3. The van der Waals surface area contributed by atoms with Gasteiger partial charge >= 0.3 is 36.3 Å². The number of aliphatic hydroxyl groups excluding tert-OH is 1. The van der Waals surface area contributed by atoms with Crippen LogP contribution in [0.2, 0.25) is 0 Å². The molecular formula is C49H55Cl6NO18. The summed E-state index contributed by atoms with van der Waals surface area (Å²) < 4.78 is 47.9. The van der Waals surface area contributed by atoms with E-state index in [2.05, 4.69) is 5.32 Å². The zero-order valence-electron chi connectivity index (χ0n) is 41.1. The van der Waals surface area contributed by atoms with Gasteiger partial charge in [-0.1, -0.05) is 132 Å². The second kappa shape index (κ2) is 22.0. The molecule has 1 heterocycles. The fraction of sp³-hybridized carbons (Fsp3) is 0.571. The van der Waals surface area contributed by atoms with Crippen LogP contribution in [0.25, 0.3) is 0 Å². The lowest BCUT2D eigenvalue weighted by atomic mass is 9.44. The minimum absolute atomic E-state index is 0.0470. The summed E-state index contributed by atoms with van der Waals surface area (Å²) in [5.74, 6) is -6.38. The maximum absolute atomic E-state index is 16.3. The lowest BCUT2D eigenvalue weighted by Crippen LogP contribution is -2.82. The molecule has 6 rings (SSSR count). The highest BCUT2D eigenvalue weighted by atomic mass is 35.6. The number of rotatable bonds is 12. The van der Waals surface area contributed by atoms with E-state index >= 15 is 4.79 Å². The lowest BCUT2D eigenvalue weighted by molar-refractivity contribution is -0.346. The van der Waals surface area contributed by atoms with Gasteiger partial charge in [0, 0.05) is 25.2 Å². The number of ketones is 1. The number of ether oxygens (including phenoxy) is 9. The molecule has 74 heavy (non-hydrogen) atoms. The average molecular weight is 1160 g/mol. The van der Waals surface area contributed by atoms with Gasteiger partial charge in [-0.05, 0) is 63.5 Å². The zero-order valence-corrected chi connectivity index (χ0v) is 45.7. The van der Waals surface area contributed by atoms with E-state index < -0.39 is 159 Å². The molecule has 3 N–H and O–H groups in total. The number of hydrogen-bond acceptors (Lipinski definition) is 18. The Kier molecular flexibility index (Phi) is 17.5. The summed E-state index contributed by atoms with van der Waals surface area (Å²) in [6.45, 7) is 9.11. The monoisotopic (exact) mass is 1160 g/mol. The summed E-state index contributed by atoms with van der Waals surface area (Å²) >= 11 is 35.4. The Labute approximate surface area is 455 Å². The van der Waals surface area contributed by atoms with E-state index in [1.165, 1.54) is 64.1 Å². The van der Waals surface area contributed by atoms with E-state index in [0.29, 0.717) is 0 Å². The number of alkyl halides is 6. The number of aliphatic hydroxyl groups is 2. The molecule has 2 aromatic carbocycles. The standard InChI is InChI=1S/C49H55Cl6NO18/c1-24-28(69-39(61)33(58)32(26-15-11-9-12-16-26)56-40(62)74-43(3,4)5)20-47(65)37(72-38(60)27-17-13-10-14-18-27)35-45(8,36(59)34(31(24)44(47,6)7)71-42(64)68-23-49(53,54)55)29(70-41(63)67-22-48(50,51)52)19-30-46(35,21-66-30)73-25(2)57/h9-18,28-30,32-35,37,58,65H,19-23H2,1-8H3,(H,56,62)/t28-,29+,30+,32-,33+,34-,35+,37-,45+,46-,47+/m0/s1. The maximum Gasteiger partial charge on any atom is 0.509 e. The van der Waals surface area contributed by atoms with Crippen molar-refractivity contribution < 1.29 is 86.4 Å². The van der Waals surface area contributed by atoms with Crippen molar-refractivity contribution in [2.24, 2.45) is 16.7 Å². The van der Waals surface area contributed by atoms with Gasteiger partial charge < -0.3 is 58.2 Å². The van der Waals surface area contributed by atoms with E-state index in [0.717, 1.165) is 6.92 Å². The molecule has 0 unspecified atom stereocenters. The number of halogens is 6. The van der Waals surface area contributed by atoms with Crippen molar-refractivity contribution in [1.29, 1.82) is 0 Å². The highest BCUT2D eigenvalue weighted by molar-refractivity contribution is 6.68. The quantitative estimate of drug-likeness (QED) is 0.0781. The summed E-state index contributed by atoms with van der Waals surface area (Å²) in [5.41, 5.74) is -10.2. The van der Waals surface area contributed by atoms with Crippen LogP contribution in [0.3, 0.4) is 0 Å². The Hall–Kier alpha value is -4.31. The normalized spacial score (nSPS) is 29.2. The van der Waals surface area contributed by atoms with E-state index in [1.807, 2.05) is 0 Å². The molecule has 1 amide bonds. The molecule has 1 saturated heterocycles. The molecule has 406 valence electrons. The smallest absolute Gasteiger partial charge is 0.456 e. The molecule has 2 bridgehead atoms. The number of nitrogens with one attached hydrogen (secondary N) is 1. The SMILES string of the molecule is CC(=O)O[C@@]12CO[C@@H]1C[C@@H](OC(=O)OCC(Cl)(Cl)Cl)[C@@]1(C)C(=O)[C@@H](OC(=O)OCC(Cl)(Cl)Cl)C3=C(C)[C@@H](OC(=O)[C@H](O)[C@@H](NC(=O)OC(C)(C)C)c4ccccc4)C[C@@](O)([C@@H](OC(=O)c4ccccc4)[C@@H]21)C3(C)C. The van der Waals surface area contributed by atoms with Crippen LogP contribution in [0.15, 0.2) is 71.8 Å². The Morgan fingerprint density at radius 1 is 0.824 bits per heavy atom. The molecule has 2 saturated carbocycles. The van der Waals surface area contributed by atoms with Crippen LogP contribution in [0.5, 0.6) is 0 Å². The van der Waals surface area contributed by atoms with E-state index in [9.17, 15) is 39.0 Å². The van der Waals surface area contributed by atoms with Gasteiger partial charge in [-0.15, -0.1) is 0 Å². The van der Waals surface area contributed by atoms with Crippen molar-refractivity contribution in [3.8, 4) is 0 Å². The molecule has 3 fully saturated rings. The number of esters is 3. The largest absolute Gasteiger partial charge is 0.509 e. The van der Waals surface area contributed by atoms with Crippen LogP contribution < -0.4 is 5.32 Å². The first-order chi connectivity index (χ1) is 34.1. The molecule has 25 heteroatoms. The average Bonchev–Trinajstić information content (AvgIpc) is 3.29. The number of Topliss-reactive ketones (excluding diaryl/α,β-unsaturated/α-hetero) is 1. The number of hydrogen-bond donors (Lipinski definition) is 3. The molecule has 4 aliphatic rings. The summed E-state index contributed by atoms with van der Waals surface area (Å²) in [5, 5.41) is 28.4. The van der Waals surface area contributed by atoms with Crippen LogP contribution in [-0.4, -0.2) is 133 Å². The molecule has 1 aliphatic heterocycles. The van der Waals surface area contributed by atoms with Gasteiger partial charge in [0.1, 0.15) is 48.8 Å². The second-order valence-electron chi connectivity index (χ2n) is 20.1. The summed E-state index contributed by atoms with van der Waals surface area (Å²) in [6.07, 6.45) is -16.6. The fourth-order valence-corrected chi connectivity index (χ4v) is 10.7. The maximum atomic E-state index is 16.3. The Morgan fingerprint density at radius 3 is 1.89 bits per heavy atom. The molecule has 0 aromatic heterocycles. The molecule has 19 nitrogen and oxygen atoms in total. The topological polar surface area (TPSA) is 255 Å². The third-order valence-electron chi connectivity index (χ3n) is 13.7.